The number of ether oxygens (including phenoxy) is 1. The van der Waals surface area contributed by atoms with Crippen LogP contribution in [0.5, 0.6) is 5.88 Å². The molecule has 118 valence electrons. The van der Waals surface area contributed by atoms with Gasteiger partial charge in [0, 0.05) is 10.9 Å². The van der Waals surface area contributed by atoms with E-state index in [-0.39, 0.29) is 17.6 Å². The van der Waals surface area contributed by atoms with E-state index in [9.17, 15) is 4.79 Å². The van der Waals surface area contributed by atoms with Crippen LogP contribution in [0, 0.1) is 13.8 Å². The van der Waals surface area contributed by atoms with Crippen LogP contribution in [-0.4, -0.2) is 22.5 Å². The van der Waals surface area contributed by atoms with Crippen molar-refractivity contribution in [1.82, 2.24) is 15.3 Å². The number of aromatic nitrogens is 2. The number of nitrogens with zero attached hydrogens (tertiary/aromatic N) is 2. The lowest BCUT2D eigenvalue weighted by atomic mass is 10.2. The van der Waals surface area contributed by atoms with Crippen LogP contribution in [0.2, 0.25) is 5.02 Å². The van der Waals surface area contributed by atoms with Crippen LogP contribution in [0.25, 0.3) is 0 Å². The number of carbonyl (C=O) groups is 1. The second kappa shape index (κ2) is 7.07. The van der Waals surface area contributed by atoms with Crippen molar-refractivity contribution in [2.75, 3.05) is 6.61 Å². The Bertz CT molecular complexity index is 687. The molecule has 22 heavy (non-hydrogen) atoms. The molecule has 7 heteroatoms. The van der Waals surface area contributed by atoms with Gasteiger partial charge in [-0.05, 0) is 33.8 Å². The Morgan fingerprint density at radius 2 is 2.14 bits per heavy atom. The minimum absolute atomic E-state index is 0.160. The number of aryl methyl sites for hydroxylation is 2. The fourth-order valence-corrected chi connectivity index (χ4v) is 3.21. The van der Waals surface area contributed by atoms with Crippen LogP contribution in [-0.2, 0) is 0 Å². The lowest BCUT2D eigenvalue weighted by Gasteiger charge is -2.13. The molecule has 0 aliphatic carbocycles. The molecule has 0 spiro atoms. The molecule has 5 nitrogen and oxygen atoms in total. The van der Waals surface area contributed by atoms with Gasteiger partial charge in [-0.1, -0.05) is 11.6 Å². The first-order valence-corrected chi connectivity index (χ1v) is 8.16. The molecule has 0 radical (unpaired) electrons. The molecule has 0 aliphatic rings. The van der Waals surface area contributed by atoms with E-state index in [1.54, 1.807) is 23.5 Å². The Hall–Kier alpha value is -1.66. The van der Waals surface area contributed by atoms with Crippen LogP contribution in [0.15, 0.2) is 12.1 Å². The van der Waals surface area contributed by atoms with E-state index in [1.807, 2.05) is 27.7 Å². The fraction of sp³-hybridized carbons (Fsp3) is 0.400. The van der Waals surface area contributed by atoms with Gasteiger partial charge in [-0.2, -0.15) is 0 Å². The summed E-state index contributed by atoms with van der Waals surface area (Å²) in [5.74, 6) is 0.0547. The molecule has 0 saturated heterocycles. The number of pyridine rings is 1. The van der Waals surface area contributed by atoms with E-state index >= 15 is 0 Å². The van der Waals surface area contributed by atoms with E-state index in [4.69, 9.17) is 16.3 Å². The highest BCUT2D eigenvalue weighted by Gasteiger charge is 2.19. The molecule has 0 saturated carbocycles. The van der Waals surface area contributed by atoms with E-state index < -0.39 is 0 Å². The fourth-order valence-electron chi connectivity index (χ4n) is 2.09. The van der Waals surface area contributed by atoms with Gasteiger partial charge >= 0.3 is 0 Å². The average molecular weight is 340 g/mol. The summed E-state index contributed by atoms with van der Waals surface area (Å²) in [6, 6.07) is 3.09. The summed E-state index contributed by atoms with van der Waals surface area (Å²) < 4.78 is 5.31. The number of amides is 1. The van der Waals surface area contributed by atoms with Crippen molar-refractivity contribution in [1.29, 1.82) is 0 Å². The van der Waals surface area contributed by atoms with Crippen LogP contribution in [0.1, 0.15) is 46.0 Å². The molecular formula is C15H18ClN3O2S. The third-order valence-electron chi connectivity index (χ3n) is 3.01. The van der Waals surface area contributed by atoms with Gasteiger partial charge in [0.15, 0.2) is 5.69 Å². The van der Waals surface area contributed by atoms with Crippen LogP contribution in [0.4, 0.5) is 0 Å². The molecule has 2 rings (SSSR count). The summed E-state index contributed by atoms with van der Waals surface area (Å²) in [6.07, 6.45) is 0. The maximum absolute atomic E-state index is 12.4. The van der Waals surface area contributed by atoms with E-state index in [1.165, 1.54) is 0 Å². The quantitative estimate of drug-likeness (QED) is 0.902. The van der Waals surface area contributed by atoms with Crippen LogP contribution in [0.3, 0.4) is 0 Å². The maximum atomic E-state index is 12.4. The molecule has 1 unspecified atom stereocenters. The predicted octanol–water partition coefficient (Wildman–Crippen LogP) is 3.70. The molecule has 2 aromatic rings. The van der Waals surface area contributed by atoms with Crippen molar-refractivity contribution in [3.05, 3.63) is 38.4 Å². The Balaban J connectivity index is 2.18. The predicted molar refractivity (Wildman–Crippen MR) is 87.9 cm³/mol. The highest BCUT2D eigenvalue weighted by Crippen LogP contribution is 2.25. The van der Waals surface area contributed by atoms with Crippen molar-refractivity contribution in [3.63, 3.8) is 0 Å². The number of rotatable bonds is 5. The second-order valence-corrected chi connectivity index (χ2v) is 6.43. The summed E-state index contributed by atoms with van der Waals surface area (Å²) in [4.78, 5) is 22.0. The van der Waals surface area contributed by atoms with Crippen LogP contribution < -0.4 is 10.1 Å². The molecule has 2 aromatic heterocycles. The lowest BCUT2D eigenvalue weighted by Crippen LogP contribution is -2.27. The zero-order valence-corrected chi connectivity index (χ0v) is 14.5. The third-order valence-corrected chi connectivity index (χ3v) is 4.57. The minimum atomic E-state index is -0.329. The molecule has 0 fully saturated rings. The molecule has 0 bridgehead atoms. The summed E-state index contributed by atoms with van der Waals surface area (Å²) >= 11 is 7.64. The highest BCUT2D eigenvalue weighted by molar-refractivity contribution is 7.11. The Labute approximate surface area is 138 Å². The zero-order valence-electron chi connectivity index (χ0n) is 12.9. The largest absolute Gasteiger partial charge is 0.478 e. The first-order valence-electron chi connectivity index (χ1n) is 6.96. The second-order valence-electron chi connectivity index (χ2n) is 4.79. The summed E-state index contributed by atoms with van der Waals surface area (Å²) in [6.45, 7) is 8.12. The number of thiazole rings is 1. The minimum Gasteiger partial charge on any atom is -0.478 e. The number of halogens is 1. The highest BCUT2D eigenvalue weighted by atomic mass is 35.5. The molecular weight excluding hydrogens is 322 g/mol. The molecule has 0 aromatic carbocycles. The van der Waals surface area contributed by atoms with Gasteiger partial charge in [-0.15, -0.1) is 11.3 Å². The number of hydrogen-bond acceptors (Lipinski definition) is 5. The van der Waals surface area contributed by atoms with Crippen molar-refractivity contribution in [3.8, 4) is 5.88 Å². The van der Waals surface area contributed by atoms with Gasteiger partial charge in [-0.25, -0.2) is 9.97 Å². The Morgan fingerprint density at radius 3 is 2.73 bits per heavy atom. The third kappa shape index (κ3) is 3.75. The molecule has 1 atom stereocenters. The molecule has 2 heterocycles. The summed E-state index contributed by atoms with van der Waals surface area (Å²) in [5, 5.41) is 4.18. The van der Waals surface area contributed by atoms with Crippen molar-refractivity contribution < 1.29 is 9.53 Å². The first kappa shape index (κ1) is 16.7. The zero-order chi connectivity index (χ0) is 16.3. The maximum Gasteiger partial charge on any atom is 0.272 e. The normalized spacial score (nSPS) is 12.0. The lowest BCUT2D eigenvalue weighted by molar-refractivity contribution is 0.0934. The van der Waals surface area contributed by atoms with Crippen molar-refractivity contribution in [2.45, 2.75) is 33.7 Å². The van der Waals surface area contributed by atoms with E-state index in [0.29, 0.717) is 17.5 Å². The van der Waals surface area contributed by atoms with Gasteiger partial charge in [0.2, 0.25) is 5.88 Å². The standard InChI is InChI=1S/C15H18ClN3O2S/c1-5-21-12-7-6-11(16)13(19-12)15(20)18-9(3)14-8(2)17-10(4)22-14/h6-7,9H,5H2,1-4H3,(H,18,20). The molecule has 1 N–H and O–H groups in total. The van der Waals surface area contributed by atoms with Crippen LogP contribution >= 0.6 is 22.9 Å². The first-order chi connectivity index (χ1) is 10.4. The van der Waals surface area contributed by atoms with Gasteiger partial charge < -0.3 is 10.1 Å². The van der Waals surface area contributed by atoms with Gasteiger partial charge in [0.05, 0.1) is 28.4 Å². The number of hydrogen-bond donors (Lipinski definition) is 1. The summed E-state index contributed by atoms with van der Waals surface area (Å²) in [5.41, 5.74) is 1.09. The molecule has 0 aliphatic heterocycles. The van der Waals surface area contributed by atoms with E-state index in [2.05, 4.69) is 15.3 Å². The summed E-state index contributed by atoms with van der Waals surface area (Å²) in [7, 11) is 0. The van der Waals surface area contributed by atoms with Gasteiger partial charge in [-0.3, -0.25) is 4.79 Å². The SMILES string of the molecule is CCOc1ccc(Cl)c(C(=O)NC(C)c2sc(C)nc2C)n1. The topological polar surface area (TPSA) is 64.1 Å². The van der Waals surface area contributed by atoms with Crippen molar-refractivity contribution >= 4 is 28.8 Å². The van der Waals surface area contributed by atoms with Crippen molar-refractivity contribution in [2.24, 2.45) is 0 Å². The number of carbonyl (C=O) groups excluding carboxylic acids is 1. The smallest absolute Gasteiger partial charge is 0.272 e. The number of nitrogens with one attached hydrogen (secondary N) is 1. The average Bonchev–Trinajstić information content (AvgIpc) is 2.80. The monoisotopic (exact) mass is 339 g/mol. The van der Waals surface area contributed by atoms with Gasteiger partial charge in [0.25, 0.3) is 5.91 Å². The van der Waals surface area contributed by atoms with E-state index in [0.717, 1.165) is 15.6 Å². The Morgan fingerprint density at radius 1 is 1.41 bits per heavy atom. The Kier molecular flexibility index (Phi) is 5.37. The molecule has 1 amide bonds. The van der Waals surface area contributed by atoms with Gasteiger partial charge in [0.1, 0.15) is 0 Å².